The first-order valence-corrected chi connectivity index (χ1v) is 13.2. The van der Waals surface area contributed by atoms with Gasteiger partial charge < -0.3 is 14.9 Å². The summed E-state index contributed by atoms with van der Waals surface area (Å²) in [6, 6.07) is 12.0. The molecule has 39 heavy (non-hydrogen) atoms. The molecule has 2 aliphatic rings. The molecule has 0 aromatic heterocycles. The fraction of sp³-hybridized carbons (Fsp3) is 0.323. The third-order valence-electron chi connectivity index (χ3n) is 7.13. The van der Waals surface area contributed by atoms with Crippen LogP contribution in [0.2, 0.25) is 0 Å². The number of fused-ring (bicyclic) bond motifs is 1. The van der Waals surface area contributed by atoms with E-state index in [0.717, 1.165) is 41.6 Å². The lowest BCUT2D eigenvalue weighted by Crippen LogP contribution is -2.48. The molecule has 6 nitrogen and oxygen atoms in total. The number of amides is 1. The van der Waals surface area contributed by atoms with Gasteiger partial charge >= 0.3 is 5.97 Å². The number of unbranched alkanes of at least 4 members (excludes halogenated alkanes) is 1. The lowest BCUT2D eigenvalue weighted by atomic mass is 9.85. The summed E-state index contributed by atoms with van der Waals surface area (Å²) >= 11 is 0. The molecule has 204 valence electrons. The Balaban J connectivity index is 1.46. The Labute approximate surface area is 227 Å². The maximum absolute atomic E-state index is 13.5. The topological polar surface area (TPSA) is 73.2 Å². The number of halogens is 2. The average Bonchev–Trinajstić information content (AvgIpc) is 2.95. The van der Waals surface area contributed by atoms with Crippen molar-refractivity contribution in [1.82, 2.24) is 4.90 Å². The van der Waals surface area contributed by atoms with Crippen LogP contribution in [0.3, 0.4) is 0 Å². The van der Waals surface area contributed by atoms with Crippen molar-refractivity contribution >= 4 is 29.0 Å². The van der Waals surface area contributed by atoms with E-state index in [1.54, 1.807) is 30.4 Å². The Morgan fingerprint density at radius 3 is 2.51 bits per heavy atom. The molecule has 1 unspecified atom stereocenters. The van der Waals surface area contributed by atoms with Gasteiger partial charge in [-0.3, -0.25) is 14.6 Å². The van der Waals surface area contributed by atoms with Crippen LogP contribution in [0.15, 0.2) is 84.2 Å². The summed E-state index contributed by atoms with van der Waals surface area (Å²) in [5, 5.41) is 8.96. The minimum Gasteiger partial charge on any atom is -0.481 e. The van der Waals surface area contributed by atoms with Gasteiger partial charge in [0.25, 0.3) is 5.91 Å². The second-order valence-electron chi connectivity index (χ2n) is 9.79. The highest BCUT2D eigenvalue weighted by molar-refractivity contribution is 6.01. The Morgan fingerprint density at radius 2 is 1.82 bits per heavy atom. The average molecular weight is 534 g/mol. The Bertz CT molecular complexity index is 1290. The smallest absolute Gasteiger partial charge is 0.303 e. The number of rotatable bonds is 10. The number of aliphatic carboxylic acids is 1. The summed E-state index contributed by atoms with van der Waals surface area (Å²) in [6.45, 7) is 5.89. The van der Waals surface area contributed by atoms with E-state index in [1.165, 1.54) is 18.2 Å². The minimum atomic E-state index is -0.815. The number of anilines is 1. The van der Waals surface area contributed by atoms with Crippen molar-refractivity contribution in [3.8, 4) is 0 Å². The molecule has 8 heteroatoms. The molecule has 0 aliphatic carbocycles. The third-order valence-corrected chi connectivity index (χ3v) is 7.13. The van der Waals surface area contributed by atoms with Gasteiger partial charge in [0.05, 0.1) is 5.69 Å². The Kier molecular flexibility index (Phi) is 9.41. The van der Waals surface area contributed by atoms with E-state index in [1.807, 2.05) is 17.0 Å². The lowest BCUT2D eigenvalue weighted by Gasteiger charge is -2.36. The van der Waals surface area contributed by atoms with Crippen LogP contribution in [0, 0.1) is 11.7 Å². The molecule has 0 spiro atoms. The van der Waals surface area contributed by atoms with E-state index in [2.05, 4.69) is 11.5 Å². The first kappa shape index (κ1) is 28.0. The maximum atomic E-state index is 13.5. The molecule has 2 aromatic carbocycles. The normalized spacial score (nSPS) is 17.6. The molecule has 1 fully saturated rings. The number of aliphatic imine (C=N–C) groups is 1. The molecule has 0 bridgehead atoms. The molecule has 1 N–H and O–H groups in total. The second-order valence-corrected chi connectivity index (χ2v) is 9.79. The number of carboxylic acid groups (broad SMARTS) is 1. The number of benzene rings is 2. The summed E-state index contributed by atoms with van der Waals surface area (Å²) < 4.78 is 26.7. The molecule has 0 saturated carbocycles. The molecule has 2 aromatic rings. The van der Waals surface area contributed by atoms with Gasteiger partial charge in [0.15, 0.2) is 0 Å². The minimum absolute atomic E-state index is 0.0331. The fourth-order valence-electron chi connectivity index (χ4n) is 4.99. The molecule has 4 rings (SSSR count). The van der Waals surface area contributed by atoms with Crippen molar-refractivity contribution in [2.45, 2.75) is 32.1 Å². The zero-order chi connectivity index (χ0) is 27.8. The predicted molar refractivity (Wildman–Crippen MR) is 150 cm³/mol. The van der Waals surface area contributed by atoms with Gasteiger partial charge in [-0.05, 0) is 85.5 Å². The number of hydrogen-bond donors (Lipinski definition) is 1. The van der Waals surface area contributed by atoms with E-state index in [0.29, 0.717) is 44.6 Å². The molecule has 2 aliphatic heterocycles. The van der Waals surface area contributed by atoms with Crippen LogP contribution in [0.5, 0.6) is 0 Å². The second kappa shape index (κ2) is 13.1. The lowest BCUT2D eigenvalue weighted by molar-refractivity contribution is -0.137. The first-order chi connectivity index (χ1) is 18.8. The predicted octanol–water partition coefficient (Wildman–Crippen LogP) is 6.27. The Hall–Kier alpha value is -4.07. The van der Waals surface area contributed by atoms with Crippen LogP contribution in [-0.4, -0.2) is 53.8 Å². The van der Waals surface area contributed by atoms with Gasteiger partial charge in [0.1, 0.15) is 11.6 Å². The highest BCUT2D eigenvalue weighted by Crippen LogP contribution is 2.33. The van der Waals surface area contributed by atoms with Crippen LogP contribution in [0.25, 0.3) is 0 Å². The van der Waals surface area contributed by atoms with Gasteiger partial charge in [-0.2, -0.15) is 0 Å². The van der Waals surface area contributed by atoms with Gasteiger partial charge in [-0.25, -0.2) is 8.78 Å². The van der Waals surface area contributed by atoms with Crippen molar-refractivity contribution in [1.29, 1.82) is 0 Å². The molecule has 1 saturated heterocycles. The summed E-state index contributed by atoms with van der Waals surface area (Å²) in [4.78, 5) is 33.0. The van der Waals surface area contributed by atoms with Crippen LogP contribution in [0.1, 0.15) is 41.6 Å². The van der Waals surface area contributed by atoms with E-state index < -0.39 is 11.8 Å². The summed E-state index contributed by atoms with van der Waals surface area (Å²) in [7, 11) is 0. The maximum Gasteiger partial charge on any atom is 0.303 e. The number of carboxylic acids is 1. The number of nitrogens with zero attached hydrogens (tertiary/aromatic N) is 3. The van der Waals surface area contributed by atoms with E-state index in [-0.39, 0.29) is 24.1 Å². The monoisotopic (exact) mass is 533 g/mol. The molecule has 0 radical (unpaired) electrons. The van der Waals surface area contributed by atoms with E-state index in [4.69, 9.17) is 10.1 Å². The first-order valence-electron chi connectivity index (χ1n) is 13.2. The van der Waals surface area contributed by atoms with Crippen molar-refractivity contribution < 1.29 is 23.5 Å². The molecule has 1 amide bonds. The summed E-state index contributed by atoms with van der Waals surface area (Å²) in [5.41, 5.74) is 4.11. The van der Waals surface area contributed by atoms with Crippen LogP contribution in [0.4, 0.5) is 20.2 Å². The number of carbonyl (C=O) groups excluding carboxylic acids is 1. The van der Waals surface area contributed by atoms with Crippen molar-refractivity contribution in [2.75, 3.05) is 31.1 Å². The number of allylic oxidation sites excluding steroid dienone is 5. The van der Waals surface area contributed by atoms with Crippen molar-refractivity contribution in [3.63, 3.8) is 0 Å². The SMILES string of the molecule is C=CC(F)=CC=CC1=Nc2ccc(C(=O)N3CCN(c4ccc(F)cc4)CC3)cc2CC1CCCCC(=O)O. The van der Waals surface area contributed by atoms with Crippen LogP contribution in [-0.2, 0) is 11.2 Å². The van der Waals surface area contributed by atoms with E-state index >= 15 is 0 Å². The zero-order valence-corrected chi connectivity index (χ0v) is 21.9. The van der Waals surface area contributed by atoms with Crippen molar-refractivity contribution in [2.24, 2.45) is 10.9 Å². The standard InChI is InChI=1S/C31H33F2N3O3/c1-2-25(32)7-5-8-28-22(6-3-4-9-30(37)38)20-24-21-23(10-15-29(24)34-28)31(39)36-18-16-35(17-19-36)27-13-11-26(33)12-14-27/h2,5,7-8,10-15,21-22H,1,3-4,6,9,16-20H2,(H,37,38). The van der Waals surface area contributed by atoms with Gasteiger partial charge in [-0.15, -0.1) is 0 Å². The quantitative estimate of drug-likeness (QED) is 0.288. The van der Waals surface area contributed by atoms with Gasteiger partial charge in [-0.1, -0.05) is 19.1 Å². The third kappa shape index (κ3) is 7.50. The molecule has 1 atom stereocenters. The molecular weight excluding hydrogens is 500 g/mol. The largest absolute Gasteiger partial charge is 0.481 e. The zero-order valence-electron chi connectivity index (χ0n) is 21.9. The van der Waals surface area contributed by atoms with E-state index in [9.17, 15) is 18.4 Å². The molecule has 2 heterocycles. The number of piperazine rings is 1. The fourth-order valence-corrected chi connectivity index (χ4v) is 4.99. The number of hydrogen-bond acceptors (Lipinski definition) is 4. The summed E-state index contributed by atoms with van der Waals surface area (Å²) in [5.74, 6) is -1.53. The van der Waals surface area contributed by atoms with Gasteiger partial charge in [0.2, 0.25) is 0 Å². The molecular formula is C31H33F2N3O3. The Morgan fingerprint density at radius 1 is 1.08 bits per heavy atom. The highest BCUT2D eigenvalue weighted by Gasteiger charge is 2.26. The van der Waals surface area contributed by atoms with Gasteiger partial charge in [0, 0.05) is 55.5 Å². The highest BCUT2D eigenvalue weighted by atomic mass is 19.1. The summed E-state index contributed by atoms with van der Waals surface area (Å²) in [6.07, 6.45) is 8.67. The van der Waals surface area contributed by atoms with Crippen LogP contribution >= 0.6 is 0 Å². The van der Waals surface area contributed by atoms with Crippen LogP contribution < -0.4 is 4.90 Å². The van der Waals surface area contributed by atoms with Crippen molar-refractivity contribution in [3.05, 3.63) is 96.1 Å². The number of carbonyl (C=O) groups is 2.